The minimum atomic E-state index is -4.66. The molecule has 338 valence electrons. The van der Waals surface area contributed by atoms with Gasteiger partial charge in [-0.05, 0) is 83.5 Å². The normalized spacial score (nSPS) is 15.5. The lowest BCUT2D eigenvalue weighted by molar-refractivity contribution is -0.161. The number of aliphatic hydroxyl groups excluding tert-OH is 3. The van der Waals surface area contributed by atoms with Crippen LogP contribution in [0.4, 0.5) is 0 Å². The molecule has 12 heteroatoms. The summed E-state index contributed by atoms with van der Waals surface area (Å²) >= 11 is 0. The number of rotatable bonds is 38. The fourth-order valence-electron chi connectivity index (χ4n) is 4.92. The highest BCUT2D eigenvalue weighted by atomic mass is 31.2. The lowest BCUT2D eigenvalue weighted by Gasteiger charge is -2.20. The van der Waals surface area contributed by atoms with Crippen LogP contribution in [-0.2, 0) is 32.7 Å². The van der Waals surface area contributed by atoms with Crippen molar-refractivity contribution in [2.75, 3.05) is 26.4 Å². The van der Waals surface area contributed by atoms with Gasteiger partial charge in [0.25, 0.3) is 0 Å². The van der Waals surface area contributed by atoms with Crippen molar-refractivity contribution in [3.8, 4) is 0 Å². The molecule has 0 amide bonds. The molecule has 0 spiro atoms. The number of unbranched alkanes of at least 4 members (excludes halogenated alkanes) is 4. The maximum Gasteiger partial charge on any atom is 0.472 e. The van der Waals surface area contributed by atoms with E-state index in [-0.39, 0.29) is 19.4 Å². The summed E-state index contributed by atoms with van der Waals surface area (Å²) in [5.74, 6) is -1.10. The average Bonchev–Trinajstić information content (AvgIpc) is 3.23. The molecule has 0 saturated carbocycles. The predicted octanol–water partition coefficient (Wildman–Crippen LogP) is 10.5. The van der Waals surface area contributed by atoms with E-state index in [1.165, 1.54) is 0 Å². The minimum absolute atomic E-state index is 0.0793. The second-order valence-corrected chi connectivity index (χ2v) is 15.3. The molecule has 2 unspecified atom stereocenters. The Hall–Kier alpha value is -3.67. The highest BCUT2D eigenvalue weighted by molar-refractivity contribution is 7.47. The zero-order valence-corrected chi connectivity index (χ0v) is 37.1. The number of ether oxygens (including phenoxy) is 2. The van der Waals surface area contributed by atoms with Crippen LogP contribution < -0.4 is 0 Å². The molecule has 0 aromatic carbocycles. The summed E-state index contributed by atoms with van der Waals surface area (Å²) < 4.78 is 32.6. The van der Waals surface area contributed by atoms with Crippen molar-refractivity contribution >= 4 is 19.8 Å². The second kappa shape index (κ2) is 42.0. The molecule has 0 bridgehead atoms. The number of esters is 2. The number of phosphoric ester groups is 1. The fourth-order valence-corrected chi connectivity index (χ4v) is 5.71. The molecule has 60 heavy (non-hydrogen) atoms. The van der Waals surface area contributed by atoms with Gasteiger partial charge in [0.05, 0.1) is 25.9 Å². The third kappa shape index (κ3) is 41.1. The van der Waals surface area contributed by atoms with E-state index in [4.69, 9.17) is 19.1 Å². The van der Waals surface area contributed by atoms with Gasteiger partial charge in [-0.3, -0.25) is 18.6 Å². The van der Waals surface area contributed by atoms with Gasteiger partial charge in [0.1, 0.15) is 12.7 Å². The van der Waals surface area contributed by atoms with Gasteiger partial charge >= 0.3 is 19.8 Å². The Bertz CT molecular complexity index is 1420. The molecule has 0 aliphatic heterocycles. The van der Waals surface area contributed by atoms with Crippen molar-refractivity contribution in [3.63, 3.8) is 0 Å². The molecule has 0 aromatic rings. The van der Waals surface area contributed by atoms with E-state index in [2.05, 4.69) is 79.1 Å². The standard InChI is InChI=1S/C48H75O11P/c1-3-5-7-9-11-12-13-14-15-16-17-18-19-24-27-31-35-39-48(53)59-46(43-58-60(54,55)57-41-45(51)40-49)42-56-47(52)38-34-30-26-23-21-20-22-25-29-33-37-44(50)36-32-28-10-8-6-4-2/h5-8,11-12,14-15,17-18,20-21,25-26,28-30,32-33,37,44-46,49-51H,3-4,9-10,13,16,19,22-24,27,31,34-36,38-43H2,1-2H3,(H,54,55)/b7-5-,8-6-,12-11-,15-14-,18-17-,21-20-,29-25-,30-26-,32-28-,37-33+/t44?,45-,46+/m0/s1. The second-order valence-electron chi connectivity index (χ2n) is 13.8. The van der Waals surface area contributed by atoms with E-state index in [1.807, 2.05) is 54.7 Å². The summed E-state index contributed by atoms with van der Waals surface area (Å²) in [6, 6.07) is 0. The van der Waals surface area contributed by atoms with E-state index in [1.54, 1.807) is 6.08 Å². The van der Waals surface area contributed by atoms with Crippen LogP contribution in [0.1, 0.15) is 123 Å². The number of hydrogen-bond donors (Lipinski definition) is 4. The van der Waals surface area contributed by atoms with Crippen molar-refractivity contribution < 1.29 is 52.9 Å². The molecule has 0 aromatic heterocycles. The molecular weight excluding hydrogens is 783 g/mol. The van der Waals surface area contributed by atoms with Crippen LogP contribution in [0.2, 0.25) is 0 Å². The van der Waals surface area contributed by atoms with Crippen molar-refractivity contribution in [2.24, 2.45) is 0 Å². The highest BCUT2D eigenvalue weighted by Gasteiger charge is 2.27. The molecule has 0 aliphatic rings. The SMILES string of the molecule is CC/C=C\C/C=C\C/C=C\C/C=C\CCCCCCC(=O)O[C@H](COC(=O)CC/C=C\C/C=C\C/C=C\C=C\C(O)C/C=C\C/C=C\CC)COP(=O)(O)OC[C@@H](O)CO. The fraction of sp³-hybridized carbons (Fsp3) is 0.542. The van der Waals surface area contributed by atoms with Gasteiger partial charge in [0, 0.05) is 12.8 Å². The molecule has 4 atom stereocenters. The Morgan fingerprint density at radius 1 is 0.567 bits per heavy atom. The number of hydrogen-bond acceptors (Lipinski definition) is 10. The maximum atomic E-state index is 12.6. The topological polar surface area (TPSA) is 169 Å². The Labute approximate surface area is 360 Å². The minimum Gasteiger partial charge on any atom is -0.462 e. The lowest BCUT2D eigenvalue weighted by atomic mass is 10.1. The van der Waals surface area contributed by atoms with Crippen LogP contribution in [0.15, 0.2) is 122 Å². The third-order valence-corrected chi connectivity index (χ3v) is 9.16. The zero-order chi connectivity index (χ0) is 44.2. The number of carbonyl (C=O) groups is 2. The van der Waals surface area contributed by atoms with Crippen LogP contribution in [-0.4, -0.2) is 76.9 Å². The van der Waals surface area contributed by atoms with Crippen molar-refractivity contribution in [1.82, 2.24) is 0 Å². The van der Waals surface area contributed by atoms with Gasteiger partial charge in [-0.1, -0.05) is 148 Å². The highest BCUT2D eigenvalue weighted by Crippen LogP contribution is 2.43. The largest absolute Gasteiger partial charge is 0.472 e. The first kappa shape index (κ1) is 56.3. The summed E-state index contributed by atoms with van der Waals surface area (Å²) in [7, 11) is -4.66. The molecule has 11 nitrogen and oxygen atoms in total. The Morgan fingerprint density at radius 3 is 1.68 bits per heavy atom. The van der Waals surface area contributed by atoms with Gasteiger partial charge < -0.3 is 29.7 Å². The van der Waals surface area contributed by atoms with E-state index < -0.39 is 57.9 Å². The average molecular weight is 859 g/mol. The van der Waals surface area contributed by atoms with Crippen molar-refractivity contribution in [1.29, 1.82) is 0 Å². The van der Waals surface area contributed by atoms with Crippen molar-refractivity contribution in [3.05, 3.63) is 122 Å². The monoisotopic (exact) mass is 859 g/mol. The van der Waals surface area contributed by atoms with Crippen LogP contribution in [0.25, 0.3) is 0 Å². The van der Waals surface area contributed by atoms with Gasteiger partial charge in [-0.2, -0.15) is 0 Å². The number of phosphoric acid groups is 1. The quantitative estimate of drug-likeness (QED) is 0.0153. The summed E-state index contributed by atoms with van der Waals surface area (Å²) in [6.45, 7) is 1.92. The summed E-state index contributed by atoms with van der Waals surface area (Å²) in [5, 5.41) is 28.3. The van der Waals surface area contributed by atoms with Gasteiger partial charge in [0.15, 0.2) is 6.10 Å². The molecule has 0 saturated heterocycles. The first-order valence-electron chi connectivity index (χ1n) is 21.6. The zero-order valence-electron chi connectivity index (χ0n) is 36.2. The number of aliphatic hydroxyl groups is 3. The van der Waals surface area contributed by atoms with E-state index >= 15 is 0 Å². The first-order valence-corrected chi connectivity index (χ1v) is 23.1. The van der Waals surface area contributed by atoms with E-state index in [0.29, 0.717) is 25.7 Å². The molecule has 0 aliphatic carbocycles. The van der Waals surface area contributed by atoms with Gasteiger partial charge in [-0.25, -0.2) is 4.57 Å². The maximum absolute atomic E-state index is 12.6. The molecule has 4 N–H and O–H groups in total. The Balaban J connectivity index is 4.55. The lowest BCUT2D eigenvalue weighted by Crippen LogP contribution is -2.29. The smallest absolute Gasteiger partial charge is 0.462 e. The van der Waals surface area contributed by atoms with Crippen LogP contribution in [0.3, 0.4) is 0 Å². The number of allylic oxidation sites excluding steroid dienone is 18. The Morgan fingerprint density at radius 2 is 1.08 bits per heavy atom. The van der Waals surface area contributed by atoms with E-state index in [9.17, 15) is 29.3 Å². The number of carbonyl (C=O) groups excluding carboxylic acids is 2. The summed E-state index contributed by atoms with van der Waals surface area (Å²) in [6.07, 6.45) is 50.6. The van der Waals surface area contributed by atoms with E-state index in [0.717, 1.165) is 70.6 Å². The Kier molecular flexibility index (Phi) is 39.5. The first-order chi connectivity index (χ1) is 29.1. The predicted molar refractivity (Wildman–Crippen MR) is 243 cm³/mol. The van der Waals surface area contributed by atoms with Crippen LogP contribution in [0.5, 0.6) is 0 Å². The van der Waals surface area contributed by atoms with Gasteiger partial charge in [0.2, 0.25) is 0 Å². The summed E-state index contributed by atoms with van der Waals surface area (Å²) in [4.78, 5) is 35.0. The van der Waals surface area contributed by atoms with Crippen molar-refractivity contribution in [2.45, 2.75) is 141 Å². The van der Waals surface area contributed by atoms with Crippen LogP contribution in [0, 0.1) is 0 Å². The van der Waals surface area contributed by atoms with Gasteiger partial charge in [-0.15, -0.1) is 0 Å². The molecule has 0 rings (SSSR count). The molecule has 0 heterocycles. The summed E-state index contributed by atoms with van der Waals surface area (Å²) in [5.41, 5.74) is 0. The van der Waals surface area contributed by atoms with Crippen LogP contribution >= 0.6 is 7.82 Å². The third-order valence-electron chi connectivity index (χ3n) is 8.21. The molecule has 0 fully saturated rings. The molecular formula is C48H75O11P. The molecule has 0 radical (unpaired) electrons.